The van der Waals surface area contributed by atoms with Crippen LogP contribution in [-0.2, 0) is 6.54 Å². The fourth-order valence-electron chi connectivity index (χ4n) is 3.47. The highest BCUT2D eigenvalue weighted by Gasteiger charge is 2.37. The molecular weight excluding hydrogens is 326 g/mol. The number of nitrogens with one attached hydrogen (secondary N) is 1. The molecule has 0 aliphatic heterocycles. The number of amides is 2. The molecule has 1 aliphatic carbocycles. The highest BCUT2D eigenvalue weighted by molar-refractivity contribution is 5.74. The molecule has 0 bridgehead atoms. The Morgan fingerprint density at radius 1 is 1.31 bits per heavy atom. The van der Waals surface area contributed by atoms with E-state index in [2.05, 4.69) is 15.3 Å². The summed E-state index contributed by atoms with van der Waals surface area (Å²) in [6.45, 7) is 2.47. The highest BCUT2D eigenvalue weighted by Crippen LogP contribution is 2.43. The van der Waals surface area contributed by atoms with Gasteiger partial charge < -0.3 is 14.6 Å². The van der Waals surface area contributed by atoms with Crippen molar-refractivity contribution in [3.63, 3.8) is 0 Å². The van der Waals surface area contributed by atoms with Crippen LogP contribution in [0.4, 0.5) is 4.79 Å². The SMILES string of the molecule is Cc1cccn2c(CNC(=O)N(C)[C@@H](c3ccccn3)C3CC3)cnc12. The van der Waals surface area contributed by atoms with E-state index in [1.807, 2.05) is 61.1 Å². The van der Waals surface area contributed by atoms with E-state index >= 15 is 0 Å². The van der Waals surface area contributed by atoms with E-state index < -0.39 is 0 Å². The molecule has 0 unspecified atom stereocenters. The predicted molar refractivity (Wildman–Crippen MR) is 99.6 cm³/mol. The van der Waals surface area contributed by atoms with E-state index in [0.717, 1.165) is 35.4 Å². The maximum absolute atomic E-state index is 12.7. The Balaban J connectivity index is 1.47. The minimum atomic E-state index is -0.0878. The van der Waals surface area contributed by atoms with Crippen LogP contribution in [0.5, 0.6) is 0 Å². The summed E-state index contributed by atoms with van der Waals surface area (Å²) in [4.78, 5) is 23.5. The Labute approximate surface area is 152 Å². The van der Waals surface area contributed by atoms with Gasteiger partial charge >= 0.3 is 6.03 Å². The topological polar surface area (TPSA) is 62.5 Å². The van der Waals surface area contributed by atoms with E-state index in [1.54, 1.807) is 11.1 Å². The Morgan fingerprint density at radius 2 is 2.15 bits per heavy atom. The molecule has 0 aromatic carbocycles. The number of imidazole rings is 1. The zero-order valence-corrected chi connectivity index (χ0v) is 15.1. The van der Waals surface area contributed by atoms with Crippen LogP contribution >= 0.6 is 0 Å². The summed E-state index contributed by atoms with van der Waals surface area (Å²) in [5.74, 6) is 0.499. The molecule has 1 N–H and O–H groups in total. The Morgan fingerprint density at radius 3 is 2.88 bits per heavy atom. The van der Waals surface area contributed by atoms with Crippen LogP contribution in [0.2, 0.25) is 0 Å². The van der Waals surface area contributed by atoms with Crippen LogP contribution in [0.15, 0.2) is 48.9 Å². The summed E-state index contributed by atoms with van der Waals surface area (Å²) in [7, 11) is 1.85. The first kappa shape index (κ1) is 16.6. The second kappa shape index (κ2) is 6.78. The molecule has 0 spiro atoms. The quantitative estimate of drug-likeness (QED) is 0.768. The van der Waals surface area contributed by atoms with Gasteiger partial charge in [-0.05, 0) is 49.4 Å². The molecule has 3 aromatic heterocycles. The number of carbonyl (C=O) groups is 1. The highest BCUT2D eigenvalue weighted by atomic mass is 16.2. The summed E-state index contributed by atoms with van der Waals surface area (Å²) in [5, 5.41) is 3.03. The summed E-state index contributed by atoms with van der Waals surface area (Å²) in [5.41, 5.74) is 3.96. The lowest BCUT2D eigenvalue weighted by Crippen LogP contribution is -2.40. The maximum atomic E-state index is 12.7. The van der Waals surface area contributed by atoms with E-state index in [9.17, 15) is 4.79 Å². The minimum Gasteiger partial charge on any atom is -0.332 e. The van der Waals surface area contributed by atoms with Crippen LogP contribution in [0, 0.1) is 12.8 Å². The summed E-state index contributed by atoms with van der Waals surface area (Å²) in [6, 6.07) is 9.85. The van der Waals surface area contributed by atoms with E-state index in [4.69, 9.17) is 0 Å². The molecule has 2 amide bonds. The standard InChI is InChI=1S/C20H23N5O/c1-14-6-5-11-25-16(12-22-19(14)25)13-23-20(26)24(2)18(15-8-9-15)17-7-3-4-10-21-17/h3-7,10-12,15,18H,8-9,13H2,1-2H3,(H,23,26)/t18-/m1/s1. The number of aryl methyl sites for hydroxylation is 1. The van der Waals surface area contributed by atoms with Crippen LogP contribution in [-0.4, -0.2) is 32.3 Å². The fraction of sp³-hybridized carbons (Fsp3) is 0.350. The zero-order valence-electron chi connectivity index (χ0n) is 15.1. The number of carbonyl (C=O) groups excluding carboxylic acids is 1. The van der Waals surface area contributed by atoms with Crippen molar-refractivity contribution < 1.29 is 4.79 Å². The van der Waals surface area contributed by atoms with Crippen molar-refractivity contribution in [3.8, 4) is 0 Å². The van der Waals surface area contributed by atoms with Gasteiger partial charge in [0.25, 0.3) is 0 Å². The second-order valence-corrected chi connectivity index (χ2v) is 6.94. The molecule has 0 radical (unpaired) electrons. The fourth-order valence-corrected chi connectivity index (χ4v) is 3.47. The van der Waals surface area contributed by atoms with Crippen molar-refractivity contribution in [1.29, 1.82) is 0 Å². The number of aromatic nitrogens is 3. The third-order valence-electron chi connectivity index (χ3n) is 5.03. The molecule has 1 atom stereocenters. The number of urea groups is 1. The van der Waals surface area contributed by atoms with Gasteiger partial charge in [0.05, 0.1) is 30.2 Å². The second-order valence-electron chi connectivity index (χ2n) is 6.94. The largest absolute Gasteiger partial charge is 0.332 e. The number of nitrogens with zero attached hydrogens (tertiary/aromatic N) is 4. The lowest BCUT2D eigenvalue weighted by Gasteiger charge is -2.28. The third kappa shape index (κ3) is 3.14. The smallest absolute Gasteiger partial charge is 0.318 e. The van der Waals surface area contributed by atoms with Gasteiger partial charge in [0, 0.05) is 19.4 Å². The molecule has 3 heterocycles. The Bertz CT molecular complexity index is 916. The van der Waals surface area contributed by atoms with Crippen LogP contribution in [0.1, 0.15) is 35.8 Å². The van der Waals surface area contributed by atoms with Crippen molar-refractivity contribution in [3.05, 3.63) is 65.9 Å². The first-order valence-corrected chi connectivity index (χ1v) is 8.98. The normalized spacial score (nSPS) is 15.0. The monoisotopic (exact) mass is 349 g/mol. The van der Waals surface area contributed by atoms with Crippen molar-refractivity contribution >= 4 is 11.7 Å². The first-order chi connectivity index (χ1) is 12.6. The van der Waals surface area contributed by atoms with E-state index in [1.165, 1.54) is 0 Å². The van der Waals surface area contributed by atoms with Gasteiger partial charge in [0.2, 0.25) is 0 Å². The molecule has 3 aromatic rings. The van der Waals surface area contributed by atoms with E-state index in [0.29, 0.717) is 12.5 Å². The van der Waals surface area contributed by atoms with Crippen molar-refractivity contribution in [2.24, 2.45) is 5.92 Å². The van der Waals surface area contributed by atoms with Gasteiger partial charge in [-0.2, -0.15) is 0 Å². The maximum Gasteiger partial charge on any atom is 0.318 e. The first-order valence-electron chi connectivity index (χ1n) is 8.98. The van der Waals surface area contributed by atoms with Gasteiger partial charge in [-0.3, -0.25) is 4.98 Å². The number of rotatable bonds is 5. The number of fused-ring (bicyclic) bond motifs is 1. The Kier molecular flexibility index (Phi) is 4.32. The van der Waals surface area contributed by atoms with Crippen LogP contribution in [0.25, 0.3) is 5.65 Å². The van der Waals surface area contributed by atoms with Crippen molar-refractivity contribution in [2.75, 3.05) is 7.05 Å². The van der Waals surface area contributed by atoms with Gasteiger partial charge in [-0.25, -0.2) is 9.78 Å². The number of hydrogen-bond acceptors (Lipinski definition) is 3. The van der Waals surface area contributed by atoms with Crippen LogP contribution < -0.4 is 5.32 Å². The van der Waals surface area contributed by atoms with Gasteiger partial charge in [0.1, 0.15) is 5.65 Å². The summed E-state index contributed by atoms with van der Waals surface area (Å²) < 4.78 is 2.02. The molecule has 134 valence electrons. The van der Waals surface area contributed by atoms with Gasteiger partial charge in [-0.15, -0.1) is 0 Å². The molecule has 26 heavy (non-hydrogen) atoms. The van der Waals surface area contributed by atoms with Gasteiger partial charge in [0.15, 0.2) is 0 Å². The van der Waals surface area contributed by atoms with Crippen LogP contribution in [0.3, 0.4) is 0 Å². The van der Waals surface area contributed by atoms with Crippen molar-refractivity contribution in [2.45, 2.75) is 32.4 Å². The summed E-state index contributed by atoms with van der Waals surface area (Å²) in [6.07, 6.45) is 7.87. The third-order valence-corrected chi connectivity index (χ3v) is 5.03. The average Bonchev–Trinajstić information content (AvgIpc) is 3.40. The lowest BCUT2D eigenvalue weighted by atomic mass is 10.1. The minimum absolute atomic E-state index is 0.0284. The predicted octanol–water partition coefficient (Wildman–Crippen LogP) is 3.33. The molecule has 1 fully saturated rings. The molecule has 1 aliphatic rings. The van der Waals surface area contributed by atoms with E-state index in [-0.39, 0.29) is 12.1 Å². The zero-order chi connectivity index (χ0) is 18.1. The average molecular weight is 349 g/mol. The molecule has 4 rings (SSSR count). The number of pyridine rings is 2. The molecule has 6 heteroatoms. The summed E-state index contributed by atoms with van der Waals surface area (Å²) >= 11 is 0. The van der Waals surface area contributed by atoms with Gasteiger partial charge in [-0.1, -0.05) is 12.1 Å². The lowest BCUT2D eigenvalue weighted by molar-refractivity contribution is 0.181. The Hall–Kier alpha value is -2.89. The van der Waals surface area contributed by atoms with Crippen molar-refractivity contribution in [1.82, 2.24) is 24.6 Å². The number of hydrogen-bond donors (Lipinski definition) is 1. The molecule has 1 saturated carbocycles. The molecule has 0 saturated heterocycles. The molecule has 6 nitrogen and oxygen atoms in total. The molecular formula is C20H23N5O.